The van der Waals surface area contributed by atoms with Crippen molar-refractivity contribution in [1.29, 1.82) is 0 Å². The molecular weight excluding hydrogens is 813 g/mol. The van der Waals surface area contributed by atoms with Crippen molar-refractivity contribution >= 4 is 50.5 Å². The van der Waals surface area contributed by atoms with Crippen molar-refractivity contribution in [1.82, 2.24) is 34.3 Å². The molecule has 0 radical (unpaired) electrons. The highest BCUT2D eigenvalue weighted by molar-refractivity contribution is 6.05. The number of H-pyrrole nitrogens is 2. The van der Waals surface area contributed by atoms with Crippen LogP contribution in [0.4, 0.5) is 28.4 Å². The van der Waals surface area contributed by atoms with E-state index in [0.29, 0.717) is 45.8 Å². The predicted octanol–water partition coefficient (Wildman–Crippen LogP) is 9.28. The van der Waals surface area contributed by atoms with Gasteiger partial charge in [-0.05, 0) is 55.6 Å². The number of methoxy groups -OCH3 is 7. The molecule has 3 aromatic carbocycles. The Morgan fingerprint density at radius 2 is 1.02 bits per heavy atom. The number of pyridine rings is 3. The Morgan fingerprint density at radius 1 is 0.516 bits per heavy atom. The van der Waals surface area contributed by atoms with Crippen molar-refractivity contribution in [2.24, 2.45) is 0 Å². The second kappa shape index (κ2) is 17.3. The fraction of sp³-hybridized carbons (Fsp3) is 0.245. The van der Waals surface area contributed by atoms with E-state index < -0.39 is 0 Å². The summed E-state index contributed by atoms with van der Waals surface area (Å²) in [5.74, 6) is 3.94. The number of aromatic nitrogens is 5. The number of ether oxygens (including phenoxy) is 7. The van der Waals surface area contributed by atoms with Crippen molar-refractivity contribution in [3.05, 3.63) is 104 Å². The van der Waals surface area contributed by atoms with Gasteiger partial charge in [-0.15, -0.1) is 0 Å². The lowest BCUT2D eigenvalue weighted by Gasteiger charge is -2.39. The molecule has 0 atom stereocenters. The lowest BCUT2D eigenvalue weighted by atomic mass is 10.0. The minimum absolute atomic E-state index is 0.0791. The Kier molecular flexibility index (Phi) is 11.3. The lowest BCUT2D eigenvalue weighted by molar-refractivity contribution is 0.311. The highest BCUT2D eigenvalue weighted by Crippen LogP contribution is 2.57. The number of anilines is 1. The molecule has 0 bridgehead atoms. The second-order valence-corrected chi connectivity index (χ2v) is 15.4. The van der Waals surface area contributed by atoms with Gasteiger partial charge in [-0.1, -0.05) is 0 Å². The summed E-state index contributed by atoms with van der Waals surface area (Å²) < 4.78 is 40.6. The van der Waals surface area contributed by atoms with Gasteiger partial charge in [-0.3, -0.25) is 4.98 Å². The Morgan fingerprint density at radius 3 is 1.45 bits per heavy atom. The average molecular weight is 864 g/mol. The summed E-state index contributed by atoms with van der Waals surface area (Å²) in [6.07, 6.45) is 7.41. The molecule has 0 amide bonds. The molecule has 6 heterocycles. The molecule has 9 rings (SSSR count). The van der Waals surface area contributed by atoms with Crippen LogP contribution < -0.4 is 42.5 Å². The molecule has 0 unspecified atom stereocenters. The van der Waals surface area contributed by atoms with E-state index in [1.54, 1.807) is 56.0 Å². The molecule has 15 nitrogen and oxygen atoms in total. The Balaban J connectivity index is 1.37. The zero-order valence-electron chi connectivity index (χ0n) is 37.2. The van der Waals surface area contributed by atoms with E-state index in [2.05, 4.69) is 75.3 Å². The molecule has 1 aliphatic heterocycles. The van der Waals surface area contributed by atoms with Crippen LogP contribution in [-0.4, -0.2) is 113 Å². The first kappa shape index (κ1) is 41.8. The number of hydrogen-bond acceptors (Lipinski definition) is 12. The molecule has 1 fully saturated rings. The maximum atomic E-state index is 6.10. The third-order valence-electron chi connectivity index (χ3n) is 12.1. The van der Waals surface area contributed by atoms with Gasteiger partial charge in [0, 0.05) is 97.6 Å². The standard InChI is InChI=1S/C49H51N8O7/c1-55-18-20-56(21-19-55)38-26-32(11-12-41(38)58-2)57(33-10-9-15-50-29-33,39-13-16-51-48-34(39)27-36(53-48)30-22-42(59-3)46(63-7)43(23-30)60-4)40-14-17-52-49-35(40)28-37(54-49)31-24-44(61-5)47(64-8)45(25-31)62-6/h9-17,22-29H,18-21H2,1-8H3,(H,51,53)(H,52,54)/q+1. The highest BCUT2D eigenvalue weighted by atomic mass is 16.5. The first-order valence-electron chi connectivity index (χ1n) is 20.8. The summed E-state index contributed by atoms with van der Waals surface area (Å²) in [7, 11) is 13.5. The van der Waals surface area contributed by atoms with E-state index in [1.807, 2.05) is 48.9 Å². The fourth-order valence-electron chi connectivity index (χ4n) is 8.96. The van der Waals surface area contributed by atoms with Gasteiger partial charge < -0.3 is 52.9 Å². The lowest BCUT2D eigenvalue weighted by Crippen LogP contribution is -2.44. The first-order valence-corrected chi connectivity index (χ1v) is 20.8. The fourth-order valence-corrected chi connectivity index (χ4v) is 8.96. The Hall–Kier alpha value is -7.49. The van der Waals surface area contributed by atoms with Crippen LogP contribution in [-0.2, 0) is 0 Å². The zero-order valence-corrected chi connectivity index (χ0v) is 37.2. The number of likely N-dealkylation sites (N-methyl/N-ethyl adjacent to an activating group) is 1. The van der Waals surface area contributed by atoms with Crippen LogP contribution in [0.15, 0.2) is 104 Å². The molecule has 5 aromatic heterocycles. The van der Waals surface area contributed by atoms with Crippen LogP contribution >= 0.6 is 0 Å². The predicted molar refractivity (Wildman–Crippen MR) is 250 cm³/mol. The number of aromatic amines is 2. The second-order valence-electron chi connectivity index (χ2n) is 15.4. The van der Waals surface area contributed by atoms with E-state index in [-0.39, 0.29) is 4.48 Å². The monoisotopic (exact) mass is 863 g/mol. The molecule has 15 heteroatoms. The summed E-state index contributed by atoms with van der Waals surface area (Å²) in [6, 6.07) is 26.7. The molecule has 2 N–H and O–H groups in total. The van der Waals surface area contributed by atoms with Gasteiger partial charge >= 0.3 is 0 Å². The number of hydrogen-bond donors (Lipinski definition) is 2. The Bertz CT molecular complexity index is 2770. The number of benzene rings is 3. The van der Waals surface area contributed by atoms with Crippen molar-refractivity contribution in [3.63, 3.8) is 0 Å². The van der Waals surface area contributed by atoms with Crippen LogP contribution in [0, 0.1) is 0 Å². The molecule has 1 saturated heterocycles. The van der Waals surface area contributed by atoms with Gasteiger partial charge in [-0.2, -0.15) is 4.48 Å². The van der Waals surface area contributed by atoms with Crippen LogP contribution in [0.3, 0.4) is 0 Å². The summed E-state index contributed by atoms with van der Waals surface area (Å²) in [5, 5.41) is 1.75. The van der Waals surface area contributed by atoms with Crippen LogP contribution in [0.2, 0.25) is 0 Å². The molecule has 0 aliphatic carbocycles. The highest BCUT2D eigenvalue weighted by Gasteiger charge is 2.44. The van der Waals surface area contributed by atoms with Crippen molar-refractivity contribution in [2.75, 3.05) is 87.9 Å². The number of fused-ring (bicyclic) bond motifs is 2. The summed E-state index contributed by atoms with van der Waals surface area (Å²) in [4.78, 5) is 26.6. The molecular formula is C49H51N8O7+. The topological polar surface area (TPSA) is 141 Å². The largest absolute Gasteiger partial charge is 0.495 e. The third-order valence-corrected chi connectivity index (χ3v) is 12.1. The number of nitrogens with zero attached hydrogens (tertiary/aromatic N) is 6. The first-order chi connectivity index (χ1) is 31.3. The van der Waals surface area contributed by atoms with E-state index in [0.717, 1.165) is 93.7 Å². The number of quaternary nitrogens is 1. The molecule has 8 aromatic rings. The number of rotatable bonds is 14. The van der Waals surface area contributed by atoms with Gasteiger partial charge in [-0.25, -0.2) is 9.97 Å². The maximum absolute atomic E-state index is 6.10. The summed E-state index contributed by atoms with van der Waals surface area (Å²) in [6.45, 7) is 3.53. The van der Waals surface area contributed by atoms with Gasteiger partial charge in [0.2, 0.25) is 11.5 Å². The van der Waals surface area contributed by atoms with E-state index in [9.17, 15) is 0 Å². The van der Waals surface area contributed by atoms with Gasteiger partial charge in [0.05, 0.1) is 72.4 Å². The summed E-state index contributed by atoms with van der Waals surface area (Å²) in [5.41, 5.74) is 9.24. The SMILES string of the molecule is COc1ccc([N+](c2cccnc2)(c2ccnc3[nH]c(-c4cc(OC)c(OC)c(OC)c4)cc23)c2ccnc3[nH]c(-c4cc(OC)c(OC)c(OC)c4)cc23)cc1N1CCN(C)CC1. The third kappa shape index (κ3) is 6.98. The molecule has 64 heavy (non-hydrogen) atoms. The summed E-state index contributed by atoms with van der Waals surface area (Å²) >= 11 is 0. The molecule has 0 saturated carbocycles. The zero-order chi connectivity index (χ0) is 44.5. The average Bonchev–Trinajstić information content (AvgIpc) is 4.00. The van der Waals surface area contributed by atoms with Crippen LogP contribution in [0.1, 0.15) is 0 Å². The smallest absolute Gasteiger partial charge is 0.203 e. The molecule has 328 valence electrons. The van der Waals surface area contributed by atoms with E-state index in [1.165, 1.54) is 0 Å². The van der Waals surface area contributed by atoms with Crippen molar-refractivity contribution < 1.29 is 33.2 Å². The van der Waals surface area contributed by atoms with Crippen molar-refractivity contribution in [2.45, 2.75) is 0 Å². The van der Waals surface area contributed by atoms with Gasteiger partial charge in [0.1, 0.15) is 17.0 Å². The van der Waals surface area contributed by atoms with Crippen LogP contribution in [0.25, 0.3) is 44.6 Å². The number of piperazine rings is 1. The van der Waals surface area contributed by atoms with Crippen molar-refractivity contribution in [3.8, 4) is 62.8 Å². The minimum Gasteiger partial charge on any atom is -0.495 e. The van der Waals surface area contributed by atoms with Gasteiger partial charge in [0.15, 0.2) is 45.7 Å². The quantitative estimate of drug-likeness (QED) is 0.101. The van der Waals surface area contributed by atoms with E-state index >= 15 is 0 Å². The Labute approximate surface area is 371 Å². The molecule has 0 spiro atoms. The van der Waals surface area contributed by atoms with Gasteiger partial charge in [0.25, 0.3) is 0 Å². The number of nitrogens with one attached hydrogen (secondary N) is 2. The molecule has 1 aliphatic rings. The van der Waals surface area contributed by atoms with E-state index in [4.69, 9.17) is 48.1 Å². The maximum Gasteiger partial charge on any atom is 0.203 e. The normalized spacial score (nSPS) is 13.3. The minimum atomic E-state index is 0.0791. The van der Waals surface area contributed by atoms with Crippen LogP contribution in [0.5, 0.6) is 40.2 Å².